The van der Waals surface area contributed by atoms with Gasteiger partial charge >= 0.3 is 10.1 Å². The van der Waals surface area contributed by atoms with E-state index in [1.165, 1.54) is 55.8 Å². The number of ether oxygens (including phenoxy) is 1. The molecule has 11 heteroatoms. The minimum absolute atomic E-state index is 0.00656. The van der Waals surface area contributed by atoms with Crippen LogP contribution in [0.15, 0.2) is 76.7 Å². The van der Waals surface area contributed by atoms with Gasteiger partial charge in [-0.3, -0.25) is 14.9 Å². The van der Waals surface area contributed by atoms with Gasteiger partial charge in [0, 0.05) is 12.1 Å². The molecular weight excluding hydrogens is 450 g/mol. The number of nitrogens with zero attached hydrogens (tertiary/aromatic N) is 2. The fourth-order valence-corrected chi connectivity index (χ4v) is 3.72. The average molecular weight is 469 g/mol. The number of aryl methyl sites for hydroxylation is 1. The molecule has 1 N–H and O–H groups in total. The summed E-state index contributed by atoms with van der Waals surface area (Å²) in [5.74, 6) is -0.0210. The summed E-state index contributed by atoms with van der Waals surface area (Å²) in [6.07, 6.45) is 1.37. The van der Waals surface area contributed by atoms with Crippen molar-refractivity contribution in [2.24, 2.45) is 5.10 Å². The lowest BCUT2D eigenvalue weighted by Crippen LogP contribution is -2.18. The first-order chi connectivity index (χ1) is 15.7. The molecule has 3 aromatic carbocycles. The molecule has 0 bridgehead atoms. The van der Waals surface area contributed by atoms with E-state index in [9.17, 15) is 23.3 Å². The molecule has 0 aromatic heterocycles. The molecule has 0 spiro atoms. The first-order valence-corrected chi connectivity index (χ1v) is 10.9. The molecule has 0 unspecified atom stereocenters. The Kier molecular flexibility index (Phi) is 7.04. The van der Waals surface area contributed by atoms with Gasteiger partial charge in [0.15, 0.2) is 0 Å². The second kappa shape index (κ2) is 9.92. The van der Waals surface area contributed by atoms with E-state index in [1.807, 2.05) is 6.92 Å². The molecule has 0 fully saturated rings. The van der Waals surface area contributed by atoms with Gasteiger partial charge in [0.2, 0.25) is 0 Å². The second-order valence-electron chi connectivity index (χ2n) is 6.76. The molecule has 0 radical (unpaired) electrons. The smallest absolute Gasteiger partial charge is 0.339 e. The number of carbonyl (C=O) groups is 1. The number of hydrazone groups is 1. The number of rotatable bonds is 8. The van der Waals surface area contributed by atoms with Crippen LogP contribution in [0.5, 0.6) is 11.5 Å². The van der Waals surface area contributed by atoms with E-state index in [0.29, 0.717) is 16.9 Å². The van der Waals surface area contributed by atoms with E-state index in [1.54, 1.807) is 18.2 Å². The highest BCUT2D eigenvalue weighted by molar-refractivity contribution is 7.87. The highest BCUT2D eigenvalue weighted by atomic mass is 32.2. The zero-order valence-electron chi connectivity index (χ0n) is 17.6. The van der Waals surface area contributed by atoms with Crippen LogP contribution in [0.4, 0.5) is 5.69 Å². The summed E-state index contributed by atoms with van der Waals surface area (Å²) in [5, 5.41) is 14.7. The zero-order valence-corrected chi connectivity index (χ0v) is 18.4. The van der Waals surface area contributed by atoms with E-state index in [0.717, 1.165) is 11.6 Å². The van der Waals surface area contributed by atoms with Gasteiger partial charge < -0.3 is 8.92 Å². The number of hydrogen-bond acceptors (Lipinski definition) is 8. The largest absolute Gasteiger partial charge is 0.496 e. The molecule has 0 atom stereocenters. The van der Waals surface area contributed by atoms with Gasteiger partial charge in [0.05, 0.1) is 23.8 Å². The fourth-order valence-electron chi connectivity index (χ4n) is 2.75. The lowest BCUT2D eigenvalue weighted by molar-refractivity contribution is -0.385. The van der Waals surface area contributed by atoms with Crippen molar-refractivity contribution in [2.45, 2.75) is 11.8 Å². The summed E-state index contributed by atoms with van der Waals surface area (Å²) in [4.78, 5) is 22.1. The van der Waals surface area contributed by atoms with Gasteiger partial charge in [-0.1, -0.05) is 12.1 Å². The Bertz CT molecular complexity index is 1320. The number of non-ortho nitro benzene ring substituents is 1. The van der Waals surface area contributed by atoms with E-state index in [4.69, 9.17) is 8.92 Å². The maximum Gasteiger partial charge on any atom is 0.339 e. The molecule has 0 heterocycles. The van der Waals surface area contributed by atoms with Crippen LogP contribution in [0.2, 0.25) is 0 Å². The Morgan fingerprint density at radius 3 is 2.48 bits per heavy atom. The maximum atomic E-state index is 12.4. The van der Waals surface area contributed by atoms with Crippen molar-refractivity contribution in [3.8, 4) is 11.5 Å². The van der Waals surface area contributed by atoms with Crippen LogP contribution in [0.1, 0.15) is 21.5 Å². The molecule has 0 aliphatic rings. The zero-order chi connectivity index (χ0) is 24.0. The molecule has 0 saturated heterocycles. The summed E-state index contributed by atoms with van der Waals surface area (Å²) in [6, 6.07) is 15.5. The lowest BCUT2D eigenvalue weighted by atomic mass is 10.1. The van der Waals surface area contributed by atoms with Crippen molar-refractivity contribution in [3.05, 3.63) is 93.5 Å². The third-order valence-corrected chi connectivity index (χ3v) is 5.63. The van der Waals surface area contributed by atoms with Gasteiger partial charge in [-0.25, -0.2) is 5.43 Å². The first-order valence-electron chi connectivity index (χ1n) is 9.46. The van der Waals surface area contributed by atoms with Crippen molar-refractivity contribution in [2.75, 3.05) is 7.11 Å². The average Bonchev–Trinajstić information content (AvgIpc) is 2.79. The second-order valence-corrected chi connectivity index (χ2v) is 8.31. The SMILES string of the molecule is COc1cc(C)ccc1C(=O)N/N=C\c1ccc(OS(=O)(=O)c2cccc([N+](=O)[O-])c2)cc1. The number of nitrogens with one attached hydrogen (secondary N) is 1. The monoisotopic (exact) mass is 469 g/mol. The van der Waals surface area contributed by atoms with Gasteiger partial charge in [-0.2, -0.15) is 13.5 Å². The van der Waals surface area contributed by atoms with Crippen molar-refractivity contribution >= 4 is 27.9 Å². The normalized spacial score (nSPS) is 11.2. The molecule has 0 aliphatic heterocycles. The number of nitro benzene ring substituents is 1. The van der Waals surface area contributed by atoms with Gasteiger partial charge in [-0.05, 0) is 60.5 Å². The summed E-state index contributed by atoms with van der Waals surface area (Å²) in [5.41, 5.74) is 3.87. The van der Waals surface area contributed by atoms with Crippen LogP contribution in [0.3, 0.4) is 0 Å². The molecule has 0 aliphatic carbocycles. The first kappa shape index (κ1) is 23.4. The Labute approximate surface area is 189 Å². The number of methoxy groups -OCH3 is 1. The third-order valence-electron chi connectivity index (χ3n) is 4.38. The van der Waals surface area contributed by atoms with Crippen LogP contribution in [-0.2, 0) is 10.1 Å². The predicted octanol–water partition coefficient (Wildman–Crippen LogP) is 3.44. The Hall–Kier alpha value is -4.25. The quantitative estimate of drug-likeness (QED) is 0.231. The van der Waals surface area contributed by atoms with E-state index in [-0.39, 0.29) is 16.3 Å². The Morgan fingerprint density at radius 1 is 1.09 bits per heavy atom. The van der Waals surface area contributed by atoms with Crippen LogP contribution >= 0.6 is 0 Å². The van der Waals surface area contributed by atoms with Gasteiger partial charge in [0.25, 0.3) is 11.6 Å². The molecule has 3 rings (SSSR count). The minimum Gasteiger partial charge on any atom is -0.496 e. The van der Waals surface area contributed by atoms with E-state index in [2.05, 4.69) is 10.5 Å². The number of carbonyl (C=O) groups excluding carboxylic acids is 1. The van der Waals surface area contributed by atoms with Crippen molar-refractivity contribution in [3.63, 3.8) is 0 Å². The maximum absolute atomic E-state index is 12.4. The van der Waals surface area contributed by atoms with Gasteiger partial charge in [-0.15, -0.1) is 0 Å². The summed E-state index contributed by atoms with van der Waals surface area (Å²) < 4.78 is 35.0. The number of benzene rings is 3. The molecule has 3 aromatic rings. The topological polar surface area (TPSA) is 137 Å². The van der Waals surface area contributed by atoms with Crippen LogP contribution in [0, 0.1) is 17.0 Å². The summed E-state index contributed by atoms with van der Waals surface area (Å²) in [6.45, 7) is 1.88. The molecule has 0 saturated carbocycles. The van der Waals surface area contributed by atoms with Crippen molar-refractivity contribution in [1.82, 2.24) is 5.43 Å². The summed E-state index contributed by atoms with van der Waals surface area (Å²) in [7, 11) is -2.79. The number of hydrogen-bond donors (Lipinski definition) is 1. The Morgan fingerprint density at radius 2 is 1.82 bits per heavy atom. The highest BCUT2D eigenvalue weighted by Gasteiger charge is 2.20. The third kappa shape index (κ3) is 5.92. The molecule has 170 valence electrons. The lowest BCUT2D eigenvalue weighted by Gasteiger charge is -2.08. The molecule has 33 heavy (non-hydrogen) atoms. The molecular formula is C22H19N3O7S. The summed E-state index contributed by atoms with van der Waals surface area (Å²) >= 11 is 0. The van der Waals surface area contributed by atoms with Crippen LogP contribution in [-0.4, -0.2) is 32.6 Å². The number of nitro groups is 1. The highest BCUT2D eigenvalue weighted by Crippen LogP contribution is 2.22. The van der Waals surface area contributed by atoms with E-state index < -0.39 is 20.9 Å². The van der Waals surface area contributed by atoms with Crippen molar-refractivity contribution < 1.29 is 27.1 Å². The van der Waals surface area contributed by atoms with E-state index >= 15 is 0 Å². The van der Waals surface area contributed by atoms with Crippen molar-refractivity contribution in [1.29, 1.82) is 0 Å². The standard InChI is InChI=1S/C22H19N3O7S/c1-15-6-11-20(21(12-15)31-2)22(26)24-23-14-16-7-9-18(10-8-16)32-33(29,30)19-5-3-4-17(13-19)25(27)28/h3-14H,1-2H3,(H,24,26)/b23-14-. The molecule has 10 nitrogen and oxygen atoms in total. The van der Waals surface area contributed by atoms with Crippen LogP contribution in [0.25, 0.3) is 0 Å². The molecule has 1 amide bonds. The number of amides is 1. The minimum atomic E-state index is -4.26. The Balaban J connectivity index is 1.65. The van der Waals surface area contributed by atoms with Crippen LogP contribution < -0.4 is 14.3 Å². The van der Waals surface area contributed by atoms with Gasteiger partial charge in [0.1, 0.15) is 16.4 Å². The fraction of sp³-hybridized carbons (Fsp3) is 0.0909. The predicted molar refractivity (Wildman–Crippen MR) is 120 cm³/mol.